The highest BCUT2D eigenvalue weighted by Gasteiger charge is 2.31. The van der Waals surface area contributed by atoms with Crippen LogP contribution in [0.1, 0.15) is 50.7 Å². The molecule has 4 heteroatoms. The number of aryl methyl sites for hydroxylation is 1. The van der Waals surface area contributed by atoms with Crippen molar-refractivity contribution in [2.45, 2.75) is 58.2 Å². The first kappa shape index (κ1) is 15.5. The Hall–Kier alpha value is -0.840. The number of hydrogen-bond donors (Lipinski definition) is 1. The van der Waals surface area contributed by atoms with Crippen molar-refractivity contribution in [1.29, 1.82) is 0 Å². The van der Waals surface area contributed by atoms with Crippen molar-refractivity contribution >= 4 is 0 Å². The Labute approximate surface area is 122 Å². The van der Waals surface area contributed by atoms with Crippen molar-refractivity contribution < 1.29 is 9.15 Å². The highest BCUT2D eigenvalue weighted by atomic mass is 16.5. The van der Waals surface area contributed by atoms with E-state index in [1.54, 1.807) is 0 Å². The molecule has 114 valence electrons. The third kappa shape index (κ3) is 3.62. The van der Waals surface area contributed by atoms with E-state index in [1.807, 2.05) is 13.0 Å². The second-order valence-corrected chi connectivity index (χ2v) is 5.66. The maximum atomic E-state index is 6.35. The molecule has 1 fully saturated rings. The van der Waals surface area contributed by atoms with Gasteiger partial charge in [-0.1, -0.05) is 6.92 Å². The highest BCUT2D eigenvalue weighted by molar-refractivity contribution is 5.12. The van der Waals surface area contributed by atoms with Crippen LogP contribution in [0.2, 0.25) is 0 Å². The van der Waals surface area contributed by atoms with Crippen LogP contribution >= 0.6 is 0 Å². The molecule has 0 aromatic carbocycles. The molecule has 1 aliphatic rings. The molecule has 2 unspecified atom stereocenters. The van der Waals surface area contributed by atoms with Crippen molar-refractivity contribution in [1.82, 2.24) is 4.90 Å². The summed E-state index contributed by atoms with van der Waals surface area (Å²) in [5, 5.41) is 0. The van der Waals surface area contributed by atoms with Crippen LogP contribution in [-0.4, -0.2) is 36.7 Å². The Balaban J connectivity index is 2.05. The van der Waals surface area contributed by atoms with Crippen molar-refractivity contribution in [3.05, 3.63) is 23.7 Å². The molecule has 0 amide bonds. The van der Waals surface area contributed by atoms with Gasteiger partial charge in [0.15, 0.2) is 0 Å². The molecule has 2 N–H and O–H groups in total. The maximum Gasteiger partial charge on any atom is 0.122 e. The molecule has 1 aromatic heterocycles. The largest absolute Gasteiger partial charge is 0.465 e. The van der Waals surface area contributed by atoms with Crippen LogP contribution < -0.4 is 5.73 Å². The minimum absolute atomic E-state index is 0.115. The van der Waals surface area contributed by atoms with Gasteiger partial charge in [0.1, 0.15) is 11.5 Å². The molecular weight excluding hydrogens is 252 g/mol. The number of nitrogens with two attached hydrogens (primary N) is 1. The van der Waals surface area contributed by atoms with Crippen LogP contribution in [0.25, 0.3) is 0 Å². The number of hydrogen-bond acceptors (Lipinski definition) is 4. The number of ether oxygens (including phenoxy) is 1. The molecule has 1 aromatic rings. The van der Waals surface area contributed by atoms with Crippen LogP contribution in [0.5, 0.6) is 0 Å². The standard InChI is InChI=1S/C16H28N2O2/c1-4-14(17)16(15-7-6-12(3)20-15)18-10-8-13(9-11-18)19-5-2/h6-7,13-14,16H,4-5,8-11,17H2,1-3H3. The number of likely N-dealkylation sites (tertiary alicyclic amines) is 1. The van der Waals surface area contributed by atoms with Gasteiger partial charge >= 0.3 is 0 Å². The van der Waals surface area contributed by atoms with Crippen LogP contribution in [0, 0.1) is 6.92 Å². The van der Waals surface area contributed by atoms with Gasteiger partial charge in [0.25, 0.3) is 0 Å². The lowest BCUT2D eigenvalue weighted by Crippen LogP contribution is -2.45. The molecule has 20 heavy (non-hydrogen) atoms. The summed E-state index contributed by atoms with van der Waals surface area (Å²) in [4.78, 5) is 2.46. The third-order valence-electron chi connectivity index (χ3n) is 4.20. The lowest BCUT2D eigenvalue weighted by atomic mass is 9.98. The second-order valence-electron chi connectivity index (χ2n) is 5.66. The molecule has 0 radical (unpaired) electrons. The van der Waals surface area contributed by atoms with Crippen LogP contribution in [0.3, 0.4) is 0 Å². The van der Waals surface area contributed by atoms with Crippen LogP contribution in [0.15, 0.2) is 16.5 Å². The van der Waals surface area contributed by atoms with E-state index in [4.69, 9.17) is 14.9 Å². The number of piperidine rings is 1. The Bertz CT molecular complexity index is 397. The smallest absolute Gasteiger partial charge is 0.122 e. The molecular formula is C16H28N2O2. The lowest BCUT2D eigenvalue weighted by Gasteiger charge is -2.38. The first-order valence-corrected chi connectivity index (χ1v) is 7.83. The number of nitrogens with zero attached hydrogens (tertiary/aromatic N) is 1. The van der Waals surface area contributed by atoms with Gasteiger partial charge in [-0.25, -0.2) is 0 Å². The van der Waals surface area contributed by atoms with Gasteiger partial charge < -0.3 is 14.9 Å². The fourth-order valence-electron chi connectivity index (χ4n) is 3.05. The van der Waals surface area contributed by atoms with E-state index in [2.05, 4.69) is 24.8 Å². The fourth-order valence-corrected chi connectivity index (χ4v) is 3.05. The van der Waals surface area contributed by atoms with Gasteiger partial charge in [0.2, 0.25) is 0 Å². The molecule has 4 nitrogen and oxygen atoms in total. The molecule has 2 atom stereocenters. The molecule has 2 heterocycles. The Morgan fingerprint density at radius 2 is 2.05 bits per heavy atom. The van der Waals surface area contributed by atoms with E-state index in [9.17, 15) is 0 Å². The average molecular weight is 280 g/mol. The minimum atomic E-state index is 0.115. The zero-order chi connectivity index (χ0) is 14.5. The normalized spacial score (nSPS) is 21.0. The lowest BCUT2D eigenvalue weighted by molar-refractivity contribution is -0.00256. The second kappa shape index (κ2) is 7.25. The number of rotatable bonds is 6. The van der Waals surface area contributed by atoms with Gasteiger partial charge in [-0.15, -0.1) is 0 Å². The van der Waals surface area contributed by atoms with Crippen molar-refractivity contribution in [2.24, 2.45) is 5.73 Å². The Kier molecular flexibility index (Phi) is 5.64. The van der Waals surface area contributed by atoms with E-state index in [0.717, 1.165) is 50.5 Å². The predicted octanol–water partition coefficient (Wildman–Crippen LogP) is 2.87. The summed E-state index contributed by atoms with van der Waals surface area (Å²) < 4.78 is 11.6. The first-order valence-electron chi connectivity index (χ1n) is 7.83. The molecule has 0 bridgehead atoms. The highest BCUT2D eigenvalue weighted by Crippen LogP contribution is 2.30. The summed E-state index contributed by atoms with van der Waals surface area (Å²) in [5.41, 5.74) is 6.35. The van der Waals surface area contributed by atoms with E-state index in [-0.39, 0.29) is 12.1 Å². The summed E-state index contributed by atoms with van der Waals surface area (Å²) in [7, 11) is 0. The van der Waals surface area contributed by atoms with E-state index >= 15 is 0 Å². The van der Waals surface area contributed by atoms with Gasteiger partial charge in [-0.2, -0.15) is 0 Å². The molecule has 1 aliphatic heterocycles. The van der Waals surface area contributed by atoms with Crippen LogP contribution in [-0.2, 0) is 4.74 Å². The van der Waals surface area contributed by atoms with E-state index < -0.39 is 0 Å². The van der Waals surface area contributed by atoms with E-state index in [1.165, 1.54) is 0 Å². The van der Waals surface area contributed by atoms with E-state index in [0.29, 0.717) is 6.10 Å². The van der Waals surface area contributed by atoms with Crippen LogP contribution in [0.4, 0.5) is 0 Å². The molecule has 2 rings (SSSR count). The van der Waals surface area contributed by atoms with Gasteiger partial charge in [0, 0.05) is 25.7 Å². The predicted molar refractivity (Wildman–Crippen MR) is 80.7 cm³/mol. The minimum Gasteiger partial charge on any atom is -0.465 e. The molecule has 0 spiro atoms. The summed E-state index contributed by atoms with van der Waals surface area (Å²) in [6.07, 6.45) is 3.53. The van der Waals surface area contributed by atoms with Crippen molar-refractivity contribution in [3.63, 3.8) is 0 Å². The van der Waals surface area contributed by atoms with Gasteiger partial charge in [-0.05, 0) is 45.2 Å². The SMILES string of the molecule is CCOC1CCN(C(c2ccc(C)o2)C(N)CC)CC1. The topological polar surface area (TPSA) is 51.6 Å². The molecule has 0 saturated carbocycles. The summed E-state index contributed by atoms with van der Waals surface area (Å²) in [6, 6.07) is 4.41. The Morgan fingerprint density at radius 3 is 2.55 bits per heavy atom. The molecule has 0 aliphatic carbocycles. The monoisotopic (exact) mass is 280 g/mol. The zero-order valence-corrected chi connectivity index (χ0v) is 13.0. The van der Waals surface area contributed by atoms with Gasteiger partial charge in [-0.3, -0.25) is 4.90 Å². The summed E-state index contributed by atoms with van der Waals surface area (Å²) >= 11 is 0. The first-order chi connectivity index (χ1) is 9.65. The quantitative estimate of drug-likeness (QED) is 0.870. The number of furan rings is 1. The Morgan fingerprint density at radius 1 is 1.35 bits per heavy atom. The maximum absolute atomic E-state index is 6.35. The molecule has 1 saturated heterocycles. The third-order valence-corrected chi connectivity index (χ3v) is 4.20. The van der Waals surface area contributed by atoms with Crippen molar-refractivity contribution in [2.75, 3.05) is 19.7 Å². The van der Waals surface area contributed by atoms with Gasteiger partial charge in [0.05, 0.1) is 12.1 Å². The van der Waals surface area contributed by atoms with Crippen molar-refractivity contribution in [3.8, 4) is 0 Å². The summed E-state index contributed by atoms with van der Waals surface area (Å²) in [6.45, 7) is 9.05. The fraction of sp³-hybridized carbons (Fsp3) is 0.750. The zero-order valence-electron chi connectivity index (χ0n) is 13.0. The summed E-state index contributed by atoms with van der Waals surface area (Å²) in [5.74, 6) is 1.96. The average Bonchev–Trinajstić information content (AvgIpc) is 2.87.